The summed E-state index contributed by atoms with van der Waals surface area (Å²) in [6, 6.07) is 0.152. The van der Waals surface area contributed by atoms with Gasteiger partial charge in [-0.25, -0.2) is 9.97 Å². The minimum absolute atomic E-state index is 0.0308. The van der Waals surface area contributed by atoms with Gasteiger partial charge in [-0.15, -0.1) is 11.3 Å². The summed E-state index contributed by atoms with van der Waals surface area (Å²) in [7, 11) is 0. The van der Waals surface area contributed by atoms with Gasteiger partial charge in [0, 0.05) is 30.0 Å². The van der Waals surface area contributed by atoms with Gasteiger partial charge in [0.2, 0.25) is 0 Å². The zero-order chi connectivity index (χ0) is 13.8. The highest BCUT2D eigenvalue weighted by Crippen LogP contribution is 2.21. The Morgan fingerprint density at radius 3 is 2.74 bits per heavy atom. The van der Waals surface area contributed by atoms with Gasteiger partial charge in [0.25, 0.3) is 5.56 Å². The fraction of sp³-hybridized carbons (Fsp3) is 0.462. The Hall–Kier alpha value is -1.69. The van der Waals surface area contributed by atoms with Crippen LogP contribution in [-0.2, 0) is 0 Å². The normalized spacial score (nSPS) is 12.6. The molecule has 0 spiro atoms. The molecule has 0 bridgehead atoms. The number of nitrogens with one attached hydrogen (secondary N) is 1. The van der Waals surface area contributed by atoms with Crippen LogP contribution < -0.4 is 10.9 Å². The smallest absolute Gasteiger partial charge is 0.293 e. The molecule has 0 aliphatic heterocycles. The lowest BCUT2D eigenvalue weighted by molar-refractivity contribution is 0.573. The van der Waals surface area contributed by atoms with Crippen molar-refractivity contribution < 1.29 is 0 Å². The average Bonchev–Trinajstić information content (AvgIpc) is 2.91. The summed E-state index contributed by atoms with van der Waals surface area (Å²) in [4.78, 5) is 20.7. The summed E-state index contributed by atoms with van der Waals surface area (Å²) >= 11 is 1.58. The van der Waals surface area contributed by atoms with Gasteiger partial charge in [-0.2, -0.15) is 0 Å². The standard InChI is InChI=1S/C13H18N4OS/c1-4-10(12-15-6-8-19-12)16-11-13(18)17(9(2)3)7-5-14-11/h5-10H,4H2,1-3H3,(H,14,16). The number of thiazole rings is 1. The molecule has 0 saturated carbocycles. The number of hydrogen-bond donors (Lipinski definition) is 1. The quantitative estimate of drug-likeness (QED) is 0.913. The number of nitrogens with zero attached hydrogens (tertiary/aromatic N) is 3. The van der Waals surface area contributed by atoms with E-state index < -0.39 is 0 Å². The van der Waals surface area contributed by atoms with Gasteiger partial charge in [-0.1, -0.05) is 6.92 Å². The maximum absolute atomic E-state index is 12.3. The molecule has 6 heteroatoms. The highest BCUT2D eigenvalue weighted by atomic mass is 32.1. The Balaban J connectivity index is 2.28. The molecule has 0 fully saturated rings. The molecule has 2 aromatic heterocycles. The number of aromatic nitrogens is 3. The van der Waals surface area contributed by atoms with Crippen molar-refractivity contribution in [1.82, 2.24) is 14.5 Å². The fourth-order valence-corrected chi connectivity index (χ4v) is 2.61. The van der Waals surface area contributed by atoms with Crippen molar-refractivity contribution >= 4 is 17.2 Å². The molecule has 0 saturated heterocycles. The Kier molecular flexibility index (Phi) is 4.31. The average molecular weight is 278 g/mol. The van der Waals surface area contributed by atoms with E-state index in [0.29, 0.717) is 5.82 Å². The molecule has 5 nitrogen and oxygen atoms in total. The van der Waals surface area contributed by atoms with Crippen molar-refractivity contribution in [2.75, 3.05) is 5.32 Å². The van der Waals surface area contributed by atoms with Crippen molar-refractivity contribution in [3.63, 3.8) is 0 Å². The van der Waals surface area contributed by atoms with Crippen LogP contribution in [0.15, 0.2) is 28.8 Å². The van der Waals surface area contributed by atoms with E-state index in [4.69, 9.17) is 0 Å². The fourth-order valence-electron chi connectivity index (χ4n) is 1.84. The maximum atomic E-state index is 12.3. The van der Waals surface area contributed by atoms with Crippen LogP contribution in [0.3, 0.4) is 0 Å². The molecule has 1 N–H and O–H groups in total. The Morgan fingerprint density at radius 1 is 1.37 bits per heavy atom. The number of rotatable bonds is 5. The molecule has 0 aromatic carbocycles. The van der Waals surface area contributed by atoms with Gasteiger partial charge in [-0.05, 0) is 20.3 Å². The van der Waals surface area contributed by atoms with E-state index in [0.717, 1.165) is 11.4 Å². The second-order valence-electron chi connectivity index (χ2n) is 4.56. The van der Waals surface area contributed by atoms with Crippen molar-refractivity contribution in [2.24, 2.45) is 0 Å². The summed E-state index contributed by atoms with van der Waals surface area (Å²) in [5, 5.41) is 6.11. The van der Waals surface area contributed by atoms with Crippen molar-refractivity contribution in [3.8, 4) is 0 Å². The molecule has 2 heterocycles. The lowest BCUT2D eigenvalue weighted by atomic mass is 10.2. The van der Waals surface area contributed by atoms with E-state index in [-0.39, 0.29) is 17.6 Å². The zero-order valence-electron chi connectivity index (χ0n) is 11.3. The Bertz CT molecular complexity index is 577. The topological polar surface area (TPSA) is 59.8 Å². The van der Waals surface area contributed by atoms with Crippen LogP contribution in [0.1, 0.15) is 44.3 Å². The van der Waals surface area contributed by atoms with E-state index in [1.807, 2.05) is 19.2 Å². The second kappa shape index (κ2) is 5.97. The van der Waals surface area contributed by atoms with Crippen LogP contribution in [0.25, 0.3) is 0 Å². The first-order chi connectivity index (χ1) is 9.13. The van der Waals surface area contributed by atoms with E-state index in [2.05, 4.69) is 22.2 Å². The zero-order valence-corrected chi connectivity index (χ0v) is 12.1. The minimum atomic E-state index is -0.0903. The Labute approximate surface area is 116 Å². The first-order valence-electron chi connectivity index (χ1n) is 6.36. The first kappa shape index (κ1) is 13.7. The highest BCUT2D eigenvalue weighted by molar-refractivity contribution is 7.09. The molecule has 0 aliphatic carbocycles. The molecule has 0 amide bonds. The van der Waals surface area contributed by atoms with Gasteiger partial charge in [0.15, 0.2) is 5.82 Å². The van der Waals surface area contributed by atoms with E-state index in [1.54, 1.807) is 34.5 Å². The molecule has 2 rings (SSSR count). The van der Waals surface area contributed by atoms with Crippen LogP contribution >= 0.6 is 11.3 Å². The lowest BCUT2D eigenvalue weighted by Crippen LogP contribution is -2.27. The molecule has 1 unspecified atom stereocenters. The van der Waals surface area contributed by atoms with E-state index in [1.165, 1.54) is 0 Å². The van der Waals surface area contributed by atoms with Crippen molar-refractivity contribution in [1.29, 1.82) is 0 Å². The second-order valence-corrected chi connectivity index (χ2v) is 5.48. The molecule has 102 valence electrons. The summed E-state index contributed by atoms with van der Waals surface area (Å²) in [5.41, 5.74) is -0.0903. The third-order valence-electron chi connectivity index (χ3n) is 2.89. The third-order valence-corrected chi connectivity index (χ3v) is 3.78. The van der Waals surface area contributed by atoms with Crippen molar-refractivity contribution in [2.45, 2.75) is 39.3 Å². The summed E-state index contributed by atoms with van der Waals surface area (Å²) in [6.07, 6.45) is 5.99. The first-order valence-corrected chi connectivity index (χ1v) is 7.24. The lowest BCUT2D eigenvalue weighted by Gasteiger charge is -2.16. The van der Waals surface area contributed by atoms with Crippen LogP contribution in [0, 0.1) is 0 Å². The molecular weight excluding hydrogens is 260 g/mol. The SMILES string of the molecule is CCC(Nc1nccn(C(C)C)c1=O)c1nccs1. The third kappa shape index (κ3) is 3.01. The van der Waals surface area contributed by atoms with Crippen LogP contribution in [-0.4, -0.2) is 14.5 Å². The van der Waals surface area contributed by atoms with Crippen LogP contribution in [0.4, 0.5) is 5.82 Å². The molecular formula is C13H18N4OS. The summed E-state index contributed by atoms with van der Waals surface area (Å²) < 4.78 is 1.67. The van der Waals surface area contributed by atoms with Crippen LogP contribution in [0.2, 0.25) is 0 Å². The minimum Gasteiger partial charge on any atom is -0.356 e. The van der Waals surface area contributed by atoms with Gasteiger partial charge < -0.3 is 9.88 Å². The van der Waals surface area contributed by atoms with Crippen molar-refractivity contribution in [3.05, 3.63) is 39.3 Å². The number of hydrogen-bond acceptors (Lipinski definition) is 5. The molecule has 0 aliphatic rings. The maximum Gasteiger partial charge on any atom is 0.293 e. The predicted molar refractivity (Wildman–Crippen MR) is 77.7 cm³/mol. The molecule has 0 radical (unpaired) electrons. The molecule has 19 heavy (non-hydrogen) atoms. The highest BCUT2D eigenvalue weighted by Gasteiger charge is 2.15. The van der Waals surface area contributed by atoms with Crippen LogP contribution in [0.5, 0.6) is 0 Å². The van der Waals surface area contributed by atoms with Gasteiger partial charge in [0.05, 0.1) is 6.04 Å². The van der Waals surface area contributed by atoms with Gasteiger partial charge in [-0.3, -0.25) is 4.79 Å². The largest absolute Gasteiger partial charge is 0.356 e. The number of anilines is 1. The molecule has 2 aromatic rings. The van der Waals surface area contributed by atoms with Gasteiger partial charge in [0.1, 0.15) is 5.01 Å². The predicted octanol–water partition coefficient (Wildman–Crippen LogP) is 2.84. The van der Waals surface area contributed by atoms with E-state index >= 15 is 0 Å². The Morgan fingerprint density at radius 2 is 2.16 bits per heavy atom. The van der Waals surface area contributed by atoms with Gasteiger partial charge >= 0.3 is 0 Å². The molecule has 1 atom stereocenters. The van der Waals surface area contributed by atoms with E-state index in [9.17, 15) is 4.79 Å². The summed E-state index contributed by atoms with van der Waals surface area (Å²) in [5.74, 6) is 0.387. The monoisotopic (exact) mass is 278 g/mol. The summed E-state index contributed by atoms with van der Waals surface area (Å²) in [6.45, 7) is 6.01.